The van der Waals surface area contributed by atoms with Gasteiger partial charge in [-0.25, -0.2) is 17.5 Å². The maximum absolute atomic E-state index is 11.3. The Balaban J connectivity index is 2.22. The molecule has 19 heavy (non-hydrogen) atoms. The standard InChI is InChI=1S/C12H22N2O4S/c1-3-18-12(15)5-4-8-13-11-6-9-14(10-7-11)19(2,16)17/h4-5,11,13H,3,6-10H2,1-2H3/b5-4+. The molecule has 0 atom stereocenters. The molecule has 1 N–H and O–H groups in total. The first-order valence-electron chi connectivity index (χ1n) is 6.45. The minimum atomic E-state index is -3.06. The fourth-order valence-electron chi connectivity index (χ4n) is 1.97. The molecule has 6 nitrogen and oxygen atoms in total. The SMILES string of the molecule is CCOC(=O)/C=C/CNC1CCN(S(C)(=O)=O)CC1. The van der Waals surface area contributed by atoms with Gasteiger partial charge in [0.1, 0.15) is 0 Å². The molecule has 0 aromatic heterocycles. The molecule has 0 unspecified atom stereocenters. The number of sulfonamides is 1. The minimum absolute atomic E-state index is 0.296. The van der Waals surface area contributed by atoms with E-state index < -0.39 is 10.0 Å². The van der Waals surface area contributed by atoms with E-state index in [1.54, 1.807) is 13.0 Å². The van der Waals surface area contributed by atoms with Crippen LogP contribution in [0.15, 0.2) is 12.2 Å². The largest absolute Gasteiger partial charge is 0.463 e. The van der Waals surface area contributed by atoms with Gasteiger partial charge >= 0.3 is 5.97 Å². The van der Waals surface area contributed by atoms with E-state index in [2.05, 4.69) is 5.32 Å². The summed E-state index contributed by atoms with van der Waals surface area (Å²) < 4.78 is 28.9. The highest BCUT2D eigenvalue weighted by Crippen LogP contribution is 2.12. The lowest BCUT2D eigenvalue weighted by Gasteiger charge is -2.30. The van der Waals surface area contributed by atoms with Gasteiger partial charge in [0, 0.05) is 31.8 Å². The van der Waals surface area contributed by atoms with E-state index in [9.17, 15) is 13.2 Å². The lowest BCUT2D eigenvalue weighted by atomic mass is 10.1. The summed E-state index contributed by atoms with van der Waals surface area (Å²) in [5, 5.41) is 3.27. The Morgan fingerprint density at radius 3 is 2.58 bits per heavy atom. The Hall–Kier alpha value is -0.920. The molecule has 110 valence electrons. The summed E-state index contributed by atoms with van der Waals surface area (Å²) in [6.45, 7) is 3.83. The third-order valence-electron chi connectivity index (χ3n) is 2.99. The second-order valence-corrected chi connectivity index (χ2v) is 6.48. The molecule has 1 aliphatic rings. The Morgan fingerprint density at radius 1 is 1.42 bits per heavy atom. The summed E-state index contributed by atoms with van der Waals surface area (Å²) >= 11 is 0. The summed E-state index contributed by atoms with van der Waals surface area (Å²) in [4.78, 5) is 11.0. The van der Waals surface area contributed by atoms with Gasteiger partial charge in [0.2, 0.25) is 10.0 Å². The highest BCUT2D eigenvalue weighted by atomic mass is 32.2. The third-order valence-corrected chi connectivity index (χ3v) is 4.29. The predicted octanol–water partition coefficient (Wildman–Crippen LogP) is 0.119. The second-order valence-electron chi connectivity index (χ2n) is 4.50. The first-order chi connectivity index (χ1) is 8.93. The van der Waals surface area contributed by atoms with Gasteiger partial charge in [-0.15, -0.1) is 0 Å². The van der Waals surface area contributed by atoms with Crippen LogP contribution in [0.5, 0.6) is 0 Å². The maximum atomic E-state index is 11.3. The van der Waals surface area contributed by atoms with Gasteiger partial charge in [-0.1, -0.05) is 6.08 Å². The average molecular weight is 290 g/mol. The van der Waals surface area contributed by atoms with Gasteiger partial charge < -0.3 is 10.1 Å². The number of nitrogens with one attached hydrogen (secondary N) is 1. The van der Waals surface area contributed by atoms with Gasteiger partial charge in [0.15, 0.2) is 0 Å². The van der Waals surface area contributed by atoms with Crippen LogP contribution >= 0.6 is 0 Å². The van der Waals surface area contributed by atoms with Crippen molar-refractivity contribution in [3.05, 3.63) is 12.2 Å². The van der Waals surface area contributed by atoms with Gasteiger partial charge in [0.05, 0.1) is 12.9 Å². The fraction of sp³-hybridized carbons (Fsp3) is 0.750. The second kappa shape index (κ2) is 7.62. The summed E-state index contributed by atoms with van der Waals surface area (Å²) in [5.41, 5.74) is 0. The normalized spacial score (nSPS) is 18.8. The predicted molar refractivity (Wildman–Crippen MR) is 73.2 cm³/mol. The van der Waals surface area contributed by atoms with Crippen LogP contribution in [0.25, 0.3) is 0 Å². The smallest absolute Gasteiger partial charge is 0.330 e. The van der Waals surface area contributed by atoms with Gasteiger partial charge in [-0.3, -0.25) is 0 Å². The van der Waals surface area contributed by atoms with Crippen LogP contribution in [-0.2, 0) is 19.6 Å². The molecule has 1 aliphatic heterocycles. The van der Waals surface area contributed by atoms with Crippen molar-refractivity contribution in [2.45, 2.75) is 25.8 Å². The zero-order chi connectivity index (χ0) is 14.3. The minimum Gasteiger partial charge on any atom is -0.463 e. The zero-order valence-corrected chi connectivity index (χ0v) is 12.3. The first kappa shape index (κ1) is 16.1. The molecule has 0 radical (unpaired) electrons. The molecule has 1 rings (SSSR count). The molecular formula is C12H22N2O4S. The molecule has 1 fully saturated rings. The molecule has 0 amide bonds. The van der Waals surface area contributed by atoms with Crippen molar-refractivity contribution < 1.29 is 17.9 Å². The zero-order valence-electron chi connectivity index (χ0n) is 11.5. The van der Waals surface area contributed by atoms with Crippen molar-refractivity contribution in [1.29, 1.82) is 0 Å². The fourth-order valence-corrected chi connectivity index (χ4v) is 2.85. The number of hydrogen-bond acceptors (Lipinski definition) is 5. The van der Waals surface area contributed by atoms with Crippen molar-refractivity contribution in [2.75, 3.05) is 32.5 Å². The van der Waals surface area contributed by atoms with Crippen LogP contribution in [-0.4, -0.2) is 57.2 Å². The van der Waals surface area contributed by atoms with Gasteiger partial charge in [-0.05, 0) is 19.8 Å². The Bertz CT molecular complexity index is 411. The Morgan fingerprint density at radius 2 is 2.05 bits per heavy atom. The van der Waals surface area contributed by atoms with E-state index in [0.29, 0.717) is 32.3 Å². The lowest BCUT2D eigenvalue weighted by Crippen LogP contribution is -2.44. The monoisotopic (exact) mass is 290 g/mol. The van der Waals surface area contributed by atoms with Crippen molar-refractivity contribution >= 4 is 16.0 Å². The summed E-state index contributed by atoms with van der Waals surface area (Å²) in [5.74, 6) is -0.337. The molecule has 0 bridgehead atoms. The van der Waals surface area contributed by atoms with E-state index in [0.717, 1.165) is 12.8 Å². The molecule has 1 saturated heterocycles. The van der Waals surface area contributed by atoms with Crippen LogP contribution in [0.2, 0.25) is 0 Å². The lowest BCUT2D eigenvalue weighted by molar-refractivity contribution is -0.137. The molecule has 0 aromatic carbocycles. The number of nitrogens with zero attached hydrogens (tertiary/aromatic N) is 1. The molecule has 0 aliphatic carbocycles. The van der Waals surface area contributed by atoms with Gasteiger partial charge in [-0.2, -0.15) is 0 Å². The summed E-state index contributed by atoms with van der Waals surface area (Å²) in [6.07, 6.45) is 5.95. The van der Waals surface area contributed by atoms with E-state index in [1.165, 1.54) is 16.6 Å². The first-order valence-corrected chi connectivity index (χ1v) is 8.30. The van der Waals surface area contributed by atoms with Gasteiger partial charge in [0.25, 0.3) is 0 Å². The molecule has 0 saturated carbocycles. The number of piperidine rings is 1. The molecule has 0 aromatic rings. The topological polar surface area (TPSA) is 75.7 Å². The van der Waals surface area contributed by atoms with Crippen molar-refractivity contribution in [3.8, 4) is 0 Å². The molecule has 7 heteroatoms. The van der Waals surface area contributed by atoms with Crippen molar-refractivity contribution in [2.24, 2.45) is 0 Å². The van der Waals surface area contributed by atoms with Crippen molar-refractivity contribution in [1.82, 2.24) is 9.62 Å². The van der Waals surface area contributed by atoms with Crippen LogP contribution < -0.4 is 5.32 Å². The third kappa shape index (κ3) is 6.17. The molecule has 0 spiro atoms. The number of rotatable bonds is 6. The Labute approximate surface area is 114 Å². The van der Waals surface area contributed by atoms with Crippen molar-refractivity contribution in [3.63, 3.8) is 0 Å². The van der Waals surface area contributed by atoms with Crippen LogP contribution in [0, 0.1) is 0 Å². The summed E-state index contributed by atoms with van der Waals surface area (Å²) in [7, 11) is -3.06. The van der Waals surface area contributed by atoms with Crippen LogP contribution in [0.4, 0.5) is 0 Å². The van der Waals surface area contributed by atoms with Crippen LogP contribution in [0.1, 0.15) is 19.8 Å². The molecular weight excluding hydrogens is 268 g/mol. The highest BCUT2D eigenvalue weighted by Gasteiger charge is 2.24. The molecule has 1 heterocycles. The van der Waals surface area contributed by atoms with Crippen LogP contribution in [0.3, 0.4) is 0 Å². The number of hydrogen-bond donors (Lipinski definition) is 1. The number of carbonyl (C=O) groups is 1. The van der Waals surface area contributed by atoms with E-state index >= 15 is 0 Å². The number of ether oxygens (including phenoxy) is 1. The highest BCUT2D eigenvalue weighted by molar-refractivity contribution is 7.88. The average Bonchev–Trinajstić information content (AvgIpc) is 2.34. The Kier molecular flexibility index (Phi) is 6.47. The number of carbonyl (C=O) groups excluding carboxylic acids is 1. The number of esters is 1. The summed E-state index contributed by atoms with van der Waals surface area (Å²) in [6, 6.07) is 0.296. The maximum Gasteiger partial charge on any atom is 0.330 e. The van der Waals surface area contributed by atoms with E-state index in [-0.39, 0.29) is 5.97 Å². The quantitative estimate of drug-likeness (QED) is 0.555. The van der Waals surface area contributed by atoms with E-state index in [4.69, 9.17) is 4.74 Å². The van der Waals surface area contributed by atoms with E-state index in [1.807, 2.05) is 0 Å².